The van der Waals surface area contributed by atoms with Crippen LogP contribution in [0.1, 0.15) is 16.7 Å². The van der Waals surface area contributed by atoms with Crippen molar-refractivity contribution in [2.45, 2.75) is 13.1 Å². The molecule has 0 bridgehead atoms. The van der Waals surface area contributed by atoms with Gasteiger partial charge >= 0.3 is 0 Å². The zero-order chi connectivity index (χ0) is 28.8. The minimum absolute atomic E-state index is 0.00463. The molecule has 1 aliphatic heterocycles. The lowest BCUT2D eigenvalue weighted by molar-refractivity contribution is -0.117. The molecule has 1 saturated heterocycles. The lowest BCUT2D eigenvalue weighted by Crippen LogP contribution is -2.43. The summed E-state index contributed by atoms with van der Waals surface area (Å²) in [7, 11) is 5.29. The summed E-state index contributed by atoms with van der Waals surface area (Å²) in [6, 6.07) is 18.0. The van der Waals surface area contributed by atoms with E-state index in [-0.39, 0.29) is 12.1 Å². The van der Waals surface area contributed by atoms with E-state index in [4.69, 9.17) is 9.47 Å². The van der Waals surface area contributed by atoms with Gasteiger partial charge in [0.05, 0.1) is 14.2 Å². The summed E-state index contributed by atoms with van der Waals surface area (Å²) in [5, 5.41) is 13.6. The smallest absolute Gasteiger partial charge is 0.262 e. The van der Waals surface area contributed by atoms with E-state index in [1.165, 1.54) is 5.56 Å². The summed E-state index contributed by atoms with van der Waals surface area (Å²) in [5.74, 6) is 0.715. The summed E-state index contributed by atoms with van der Waals surface area (Å²) in [5.41, 5.74) is 5.55. The Morgan fingerprint density at radius 3 is 2.63 bits per heavy atom. The van der Waals surface area contributed by atoms with Gasteiger partial charge in [-0.2, -0.15) is 5.26 Å². The second kappa shape index (κ2) is 12.7. The van der Waals surface area contributed by atoms with Gasteiger partial charge in [0.15, 0.2) is 11.5 Å². The molecule has 0 spiro atoms. The predicted octanol–water partition coefficient (Wildman–Crippen LogP) is 4.22. The van der Waals surface area contributed by atoms with E-state index in [0.717, 1.165) is 60.4 Å². The molecule has 0 radical (unpaired) electrons. The first kappa shape index (κ1) is 27.9. The number of benzene rings is 2. The molecule has 2 aromatic heterocycles. The molecule has 2 N–H and O–H groups in total. The van der Waals surface area contributed by atoms with Crippen molar-refractivity contribution in [2.75, 3.05) is 47.4 Å². The van der Waals surface area contributed by atoms with Crippen LogP contribution in [0.3, 0.4) is 0 Å². The van der Waals surface area contributed by atoms with Crippen molar-refractivity contribution in [2.24, 2.45) is 0 Å². The average Bonchev–Trinajstić information content (AvgIpc) is 3.42. The Morgan fingerprint density at radius 1 is 1.07 bits per heavy atom. The number of H-pyrrole nitrogens is 1. The second-order valence-corrected chi connectivity index (χ2v) is 10.1. The highest BCUT2D eigenvalue weighted by atomic mass is 16.5. The molecule has 9 nitrogen and oxygen atoms in total. The van der Waals surface area contributed by atoms with E-state index in [9.17, 15) is 10.1 Å². The Kier molecular flexibility index (Phi) is 8.63. The Balaban J connectivity index is 1.38. The van der Waals surface area contributed by atoms with E-state index in [0.29, 0.717) is 17.1 Å². The Morgan fingerprint density at radius 2 is 1.88 bits per heavy atom. The van der Waals surface area contributed by atoms with E-state index in [1.807, 2.05) is 12.1 Å². The third-order valence-corrected chi connectivity index (χ3v) is 7.41. The highest BCUT2D eigenvalue weighted by Crippen LogP contribution is 2.32. The number of hydrogen-bond acceptors (Lipinski definition) is 7. The molecular formula is C32H34N6O3. The molecule has 0 saturated carbocycles. The first-order valence-corrected chi connectivity index (χ1v) is 13.6. The SMILES string of the molecule is COc1ccc(CNC(=O)/C(C#N)=C/c2c[nH]c3nccc(-c4cccc(CN5CCN(C)CC5)c4)c23)cc1OC. The number of fused-ring (bicyclic) bond motifs is 1. The zero-order valence-electron chi connectivity index (χ0n) is 23.6. The number of ether oxygens (including phenoxy) is 2. The molecule has 210 valence electrons. The van der Waals surface area contributed by atoms with Crippen molar-refractivity contribution in [1.82, 2.24) is 25.1 Å². The van der Waals surface area contributed by atoms with Crippen LogP contribution in [-0.2, 0) is 17.9 Å². The van der Waals surface area contributed by atoms with E-state index < -0.39 is 5.91 Å². The fourth-order valence-corrected chi connectivity index (χ4v) is 5.11. The molecule has 5 rings (SSSR count). The number of hydrogen-bond donors (Lipinski definition) is 2. The molecule has 1 aliphatic rings. The standard InChI is InChI=1S/C32H34N6O3/c1-37-11-13-38(14-12-37)21-23-5-4-6-24(15-23)27-9-10-34-31-30(27)26(20-35-31)17-25(18-33)32(39)36-19-22-7-8-28(40-2)29(16-22)41-3/h4-10,15-17,20H,11-14,19,21H2,1-3H3,(H,34,35)(H,36,39)/b25-17+. The van der Waals surface area contributed by atoms with Gasteiger partial charge in [0.1, 0.15) is 17.3 Å². The Hall–Kier alpha value is -4.65. The first-order valence-electron chi connectivity index (χ1n) is 13.6. The van der Waals surface area contributed by atoms with Crippen LogP contribution >= 0.6 is 0 Å². The van der Waals surface area contributed by atoms with Crippen LogP contribution in [0.2, 0.25) is 0 Å². The fraction of sp³-hybridized carbons (Fsp3) is 0.281. The molecule has 2 aromatic carbocycles. The molecule has 3 heterocycles. The lowest BCUT2D eigenvalue weighted by atomic mass is 9.98. The van der Waals surface area contributed by atoms with Crippen molar-refractivity contribution < 1.29 is 14.3 Å². The van der Waals surface area contributed by atoms with Gasteiger partial charge in [-0.3, -0.25) is 9.69 Å². The number of rotatable bonds is 9. The number of amides is 1. The van der Waals surface area contributed by atoms with Gasteiger partial charge in [0, 0.05) is 62.6 Å². The molecule has 1 amide bonds. The number of nitrogens with one attached hydrogen (secondary N) is 2. The Labute approximate surface area is 240 Å². The van der Waals surface area contributed by atoms with Crippen LogP contribution in [0.25, 0.3) is 28.2 Å². The maximum absolute atomic E-state index is 13.0. The van der Waals surface area contributed by atoms with Crippen LogP contribution < -0.4 is 14.8 Å². The van der Waals surface area contributed by atoms with Gasteiger partial charge in [0.2, 0.25) is 0 Å². The van der Waals surface area contributed by atoms with Crippen molar-refractivity contribution in [3.8, 4) is 28.7 Å². The van der Waals surface area contributed by atoms with Crippen LogP contribution in [0.5, 0.6) is 11.5 Å². The maximum atomic E-state index is 13.0. The van der Waals surface area contributed by atoms with Crippen LogP contribution in [0.4, 0.5) is 0 Å². The van der Waals surface area contributed by atoms with Crippen LogP contribution in [0, 0.1) is 11.3 Å². The van der Waals surface area contributed by atoms with E-state index >= 15 is 0 Å². The van der Waals surface area contributed by atoms with Crippen molar-refractivity contribution >= 4 is 23.0 Å². The summed E-state index contributed by atoms with van der Waals surface area (Å²) in [6.45, 7) is 5.39. The minimum Gasteiger partial charge on any atom is -0.493 e. The molecule has 4 aromatic rings. The quantitative estimate of drug-likeness (QED) is 0.237. The predicted molar refractivity (Wildman–Crippen MR) is 159 cm³/mol. The number of pyridine rings is 1. The molecule has 1 fully saturated rings. The van der Waals surface area contributed by atoms with E-state index in [1.54, 1.807) is 44.8 Å². The summed E-state index contributed by atoms with van der Waals surface area (Å²) >= 11 is 0. The molecular weight excluding hydrogens is 516 g/mol. The normalized spacial score (nSPS) is 14.5. The van der Waals surface area contributed by atoms with E-state index in [2.05, 4.69) is 62.5 Å². The fourth-order valence-electron chi connectivity index (χ4n) is 5.11. The number of aromatic amines is 1. The van der Waals surface area contributed by atoms with Gasteiger partial charge in [0.25, 0.3) is 5.91 Å². The number of carbonyl (C=O) groups is 1. The molecule has 0 aliphatic carbocycles. The van der Waals surface area contributed by atoms with Crippen LogP contribution in [-0.4, -0.2) is 73.1 Å². The largest absolute Gasteiger partial charge is 0.493 e. The summed E-state index contributed by atoms with van der Waals surface area (Å²) in [4.78, 5) is 25.5. The lowest BCUT2D eigenvalue weighted by Gasteiger charge is -2.32. The number of piperazine rings is 1. The maximum Gasteiger partial charge on any atom is 0.262 e. The number of carbonyl (C=O) groups excluding carboxylic acids is 1. The molecule has 9 heteroatoms. The summed E-state index contributed by atoms with van der Waals surface area (Å²) < 4.78 is 10.6. The van der Waals surface area contributed by atoms with Crippen molar-refractivity contribution in [1.29, 1.82) is 5.26 Å². The monoisotopic (exact) mass is 550 g/mol. The van der Waals surface area contributed by atoms with Gasteiger partial charge in [-0.05, 0) is 59.6 Å². The molecule has 41 heavy (non-hydrogen) atoms. The zero-order valence-corrected chi connectivity index (χ0v) is 23.6. The topological polar surface area (TPSA) is 107 Å². The van der Waals surface area contributed by atoms with Gasteiger partial charge in [-0.25, -0.2) is 4.98 Å². The first-order chi connectivity index (χ1) is 20.0. The Bertz CT molecular complexity index is 1610. The highest BCUT2D eigenvalue weighted by molar-refractivity contribution is 6.06. The van der Waals surface area contributed by atoms with Crippen molar-refractivity contribution in [3.05, 3.63) is 83.2 Å². The number of methoxy groups -OCH3 is 2. The number of nitriles is 1. The van der Waals surface area contributed by atoms with Gasteiger partial charge in [-0.1, -0.05) is 24.3 Å². The minimum atomic E-state index is -0.462. The number of likely N-dealkylation sites (N-methyl/N-ethyl adjacent to an activating group) is 1. The highest BCUT2D eigenvalue weighted by Gasteiger charge is 2.17. The number of aromatic nitrogens is 2. The molecule has 0 atom stereocenters. The third-order valence-electron chi connectivity index (χ3n) is 7.41. The number of nitrogens with zero attached hydrogens (tertiary/aromatic N) is 4. The van der Waals surface area contributed by atoms with Gasteiger partial charge in [-0.15, -0.1) is 0 Å². The van der Waals surface area contributed by atoms with Crippen molar-refractivity contribution in [3.63, 3.8) is 0 Å². The average molecular weight is 551 g/mol. The van der Waals surface area contributed by atoms with Gasteiger partial charge < -0.3 is 24.7 Å². The second-order valence-electron chi connectivity index (χ2n) is 10.1. The molecule has 0 unspecified atom stereocenters. The third kappa shape index (κ3) is 6.40. The van der Waals surface area contributed by atoms with Crippen LogP contribution in [0.15, 0.2) is 66.5 Å². The summed E-state index contributed by atoms with van der Waals surface area (Å²) in [6.07, 6.45) is 5.17.